The Morgan fingerprint density at radius 3 is 2.52 bits per heavy atom. The van der Waals surface area contributed by atoms with E-state index in [2.05, 4.69) is 38.2 Å². The van der Waals surface area contributed by atoms with E-state index in [0.29, 0.717) is 12.0 Å². The van der Waals surface area contributed by atoms with Crippen LogP contribution >= 0.6 is 0 Å². The normalized spacial score (nSPS) is 27.3. The minimum absolute atomic E-state index is 0.162. The van der Waals surface area contributed by atoms with Crippen molar-refractivity contribution in [3.8, 4) is 0 Å². The van der Waals surface area contributed by atoms with Gasteiger partial charge in [0.15, 0.2) is 0 Å². The average Bonchev–Trinajstić information content (AvgIpc) is 3.18. The van der Waals surface area contributed by atoms with Crippen LogP contribution < -0.4 is 5.32 Å². The molecule has 0 spiro atoms. The van der Waals surface area contributed by atoms with Crippen LogP contribution in [0.1, 0.15) is 56.8 Å². The topological polar surface area (TPSA) is 47.6 Å². The number of aryl methyl sites for hydroxylation is 1. The maximum atomic E-state index is 12.5. The Morgan fingerprint density at radius 2 is 1.96 bits per heavy atom. The van der Waals surface area contributed by atoms with E-state index in [1.54, 1.807) is 7.11 Å². The van der Waals surface area contributed by atoms with Gasteiger partial charge in [-0.05, 0) is 55.1 Å². The summed E-state index contributed by atoms with van der Waals surface area (Å²) in [6.07, 6.45) is 4.07. The van der Waals surface area contributed by atoms with E-state index in [4.69, 9.17) is 9.47 Å². The number of rotatable bonds is 6. The lowest BCUT2D eigenvalue weighted by atomic mass is 9.93. The van der Waals surface area contributed by atoms with Gasteiger partial charge in [0.05, 0.1) is 0 Å². The molecule has 1 aromatic rings. The fraction of sp³-hybridized carbons (Fsp3) is 0.667. The fourth-order valence-corrected chi connectivity index (χ4v) is 4.62. The number of fused-ring (bicyclic) bond motifs is 2. The monoisotopic (exact) mass is 345 g/mol. The van der Waals surface area contributed by atoms with E-state index in [-0.39, 0.29) is 24.2 Å². The van der Waals surface area contributed by atoms with Gasteiger partial charge in [-0.25, -0.2) is 4.79 Å². The van der Waals surface area contributed by atoms with Gasteiger partial charge >= 0.3 is 6.09 Å². The van der Waals surface area contributed by atoms with Gasteiger partial charge in [-0.3, -0.25) is 0 Å². The molecule has 5 unspecified atom stereocenters. The Labute approximate surface area is 151 Å². The highest BCUT2D eigenvalue weighted by atomic mass is 16.6. The molecule has 25 heavy (non-hydrogen) atoms. The molecule has 0 aliphatic heterocycles. The average molecular weight is 345 g/mol. The van der Waals surface area contributed by atoms with Crippen LogP contribution in [0.15, 0.2) is 24.3 Å². The van der Waals surface area contributed by atoms with E-state index in [1.807, 2.05) is 12.1 Å². The molecular weight excluding hydrogens is 314 g/mol. The summed E-state index contributed by atoms with van der Waals surface area (Å²) in [5, 5.41) is 3.12. The van der Waals surface area contributed by atoms with Crippen molar-refractivity contribution >= 4 is 6.09 Å². The molecule has 0 aromatic heterocycles. The maximum Gasteiger partial charge on any atom is 0.407 e. The summed E-state index contributed by atoms with van der Waals surface area (Å²) < 4.78 is 11.6. The van der Waals surface area contributed by atoms with Crippen LogP contribution in [0.2, 0.25) is 0 Å². The van der Waals surface area contributed by atoms with Crippen molar-refractivity contribution in [2.75, 3.05) is 7.11 Å². The summed E-state index contributed by atoms with van der Waals surface area (Å²) in [5.41, 5.74) is 2.23. The lowest BCUT2D eigenvalue weighted by Gasteiger charge is -2.31. The van der Waals surface area contributed by atoms with Gasteiger partial charge in [-0.1, -0.05) is 44.5 Å². The number of alkyl carbamates (subject to hydrolysis) is 1. The number of ether oxygens (including phenoxy) is 2. The Hall–Kier alpha value is -1.55. The van der Waals surface area contributed by atoms with Crippen molar-refractivity contribution in [1.82, 2.24) is 5.32 Å². The predicted octanol–water partition coefficient (Wildman–Crippen LogP) is 4.62. The van der Waals surface area contributed by atoms with Gasteiger partial charge in [-0.15, -0.1) is 0 Å². The number of nitrogens with one attached hydrogen (secondary N) is 1. The maximum absolute atomic E-state index is 12.5. The predicted molar refractivity (Wildman–Crippen MR) is 98.4 cm³/mol. The molecule has 4 heteroatoms. The number of benzene rings is 1. The first-order valence-corrected chi connectivity index (χ1v) is 9.55. The Bertz CT molecular complexity index is 601. The molecule has 0 radical (unpaired) electrons. The van der Waals surface area contributed by atoms with Crippen molar-refractivity contribution in [1.29, 1.82) is 0 Å². The second kappa shape index (κ2) is 7.77. The largest absolute Gasteiger partial charge is 0.443 e. The molecule has 2 fully saturated rings. The van der Waals surface area contributed by atoms with Crippen molar-refractivity contribution < 1.29 is 14.3 Å². The van der Waals surface area contributed by atoms with Crippen LogP contribution in [0.5, 0.6) is 0 Å². The van der Waals surface area contributed by atoms with E-state index in [9.17, 15) is 4.79 Å². The second-order valence-corrected chi connectivity index (χ2v) is 8.05. The highest BCUT2D eigenvalue weighted by molar-refractivity contribution is 5.68. The van der Waals surface area contributed by atoms with Crippen molar-refractivity contribution in [2.45, 2.75) is 64.7 Å². The summed E-state index contributed by atoms with van der Waals surface area (Å²) in [4.78, 5) is 12.5. The van der Waals surface area contributed by atoms with Gasteiger partial charge < -0.3 is 14.8 Å². The van der Waals surface area contributed by atoms with E-state index >= 15 is 0 Å². The lowest BCUT2D eigenvalue weighted by molar-refractivity contribution is -0.0462. The first kappa shape index (κ1) is 18.2. The van der Waals surface area contributed by atoms with Crippen LogP contribution in [0.4, 0.5) is 4.79 Å². The van der Waals surface area contributed by atoms with E-state index < -0.39 is 0 Å². The Balaban J connectivity index is 1.67. The minimum Gasteiger partial charge on any atom is -0.443 e. The number of hydrogen-bond acceptors (Lipinski definition) is 3. The van der Waals surface area contributed by atoms with Crippen molar-refractivity contribution in [3.63, 3.8) is 0 Å². The summed E-state index contributed by atoms with van der Waals surface area (Å²) in [6, 6.07) is 8.42. The number of carbonyl (C=O) groups excluding carboxylic acids is 1. The van der Waals surface area contributed by atoms with Gasteiger partial charge in [0.25, 0.3) is 0 Å². The SMILES string of the molecule is COC(c1ccccc1C)C(OC(=O)NC1CC2CCC1C2)C(C)C. The molecular formula is C21H31NO3. The summed E-state index contributed by atoms with van der Waals surface area (Å²) in [6.45, 7) is 6.20. The zero-order chi connectivity index (χ0) is 18.0. The van der Waals surface area contributed by atoms with Crippen LogP contribution in [0.25, 0.3) is 0 Å². The summed E-state index contributed by atoms with van der Waals surface area (Å²) in [5.74, 6) is 1.61. The third-order valence-electron chi connectivity index (χ3n) is 5.99. The zero-order valence-corrected chi connectivity index (χ0v) is 15.8. The zero-order valence-electron chi connectivity index (χ0n) is 15.8. The van der Waals surface area contributed by atoms with Gasteiger partial charge in [0, 0.05) is 13.2 Å². The quantitative estimate of drug-likeness (QED) is 0.818. The van der Waals surface area contributed by atoms with Crippen LogP contribution in [0.3, 0.4) is 0 Å². The molecule has 5 atom stereocenters. The van der Waals surface area contributed by atoms with Crippen LogP contribution in [0, 0.1) is 24.7 Å². The number of amides is 1. The molecule has 2 aliphatic carbocycles. The molecule has 1 aromatic carbocycles. The van der Waals surface area contributed by atoms with E-state index in [1.165, 1.54) is 19.3 Å². The van der Waals surface area contributed by atoms with Gasteiger partial charge in [0.2, 0.25) is 0 Å². The van der Waals surface area contributed by atoms with Crippen LogP contribution in [-0.4, -0.2) is 25.3 Å². The highest BCUT2D eigenvalue weighted by Gasteiger charge is 2.41. The second-order valence-electron chi connectivity index (χ2n) is 8.05. The van der Waals surface area contributed by atoms with Crippen LogP contribution in [-0.2, 0) is 9.47 Å². The smallest absolute Gasteiger partial charge is 0.407 e. The minimum atomic E-state index is -0.315. The van der Waals surface area contributed by atoms with E-state index in [0.717, 1.165) is 23.5 Å². The first-order valence-electron chi connectivity index (χ1n) is 9.55. The standard InChI is InChI=1S/C21H31NO3/c1-13(2)19(20(24-4)17-8-6-5-7-14(17)3)25-21(23)22-18-12-15-9-10-16(18)11-15/h5-8,13,15-16,18-20H,9-12H2,1-4H3,(H,22,23). The molecule has 4 nitrogen and oxygen atoms in total. The number of hydrogen-bond donors (Lipinski definition) is 1. The fourth-order valence-electron chi connectivity index (χ4n) is 4.62. The number of methoxy groups -OCH3 is 1. The molecule has 3 rings (SSSR count). The molecule has 2 aliphatic rings. The number of carbonyl (C=O) groups is 1. The third-order valence-corrected chi connectivity index (χ3v) is 5.99. The molecule has 138 valence electrons. The highest BCUT2D eigenvalue weighted by Crippen LogP contribution is 2.44. The van der Waals surface area contributed by atoms with Crippen molar-refractivity contribution in [3.05, 3.63) is 35.4 Å². The first-order chi connectivity index (χ1) is 12.0. The van der Waals surface area contributed by atoms with Gasteiger partial charge in [0.1, 0.15) is 12.2 Å². The molecule has 1 amide bonds. The van der Waals surface area contributed by atoms with Gasteiger partial charge in [-0.2, -0.15) is 0 Å². The third kappa shape index (κ3) is 4.00. The molecule has 2 saturated carbocycles. The van der Waals surface area contributed by atoms with Crippen molar-refractivity contribution in [2.24, 2.45) is 17.8 Å². The molecule has 0 heterocycles. The lowest BCUT2D eigenvalue weighted by Crippen LogP contribution is -2.42. The Morgan fingerprint density at radius 1 is 1.20 bits per heavy atom. The Kier molecular flexibility index (Phi) is 5.67. The molecule has 2 bridgehead atoms. The summed E-state index contributed by atoms with van der Waals surface area (Å²) >= 11 is 0. The molecule has 0 saturated heterocycles. The summed E-state index contributed by atoms with van der Waals surface area (Å²) in [7, 11) is 1.68. The molecule has 1 N–H and O–H groups in total.